The third kappa shape index (κ3) is 6.10. The van der Waals surface area contributed by atoms with Gasteiger partial charge in [0.15, 0.2) is 0 Å². The quantitative estimate of drug-likeness (QED) is 0.454. The maximum Gasteiger partial charge on any atom is 0.302 e. The predicted octanol–water partition coefficient (Wildman–Crippen LogP) is 3.38. The van der Waals surface area contributed by atoms with Gasteiger partial charge in [0.25, 0.3) is 0 Å². The van der Waals surface area contributed by atoms with Gasteiger partial charge in [-0.25, -0.2) is 0 Å². The van der Waals surface area contributed by atoms with Gasteiger partial charge < -0.3 is 4.74 Å². The molecule has 0 saturated heterocycles. The molecular formula is C13H17IO2. The summed E-state index contributed by atoms with van der Waals surface area (Å²) >= 11 is 2.42. The van der Waals surface area contributed by atoms with Crippen LogP contribution in [0.1, 0.15) is 25.3 Å². The predicted molar refractivity (Wildman–Crippen MR) is 73.8 cm³/mol. The molecule has 0 fully saturated rings. The Kier molecular flexibility index (Phi) is 6.45. The Hall–Kier alpha value is -0.580. The highest BCUT2D eigenvalue weighted by atomic mass is 127. The zero-order valence-corrected chi connectivity index (χ0v) is 11.6. The summed E-state index contributed by atoms with van der Waals surface area (Å²) in [6.45, 7) is 1.99. The number of alkyl halides is 1. The number of hydrogen-bond acceptors (Lipinski definition) is 2. The SMILES string of the molecule is CC(=O)OCCC(I)CCc1ccccc1. The van der Waals surface area contributed by atoms with E-state index in [1.54, 1.807) is 0 Å². The van der Waals surface area contributed by atoms with E-state index in [-0.39, 0.29) is 5.97 Å². The summed E-state index contributed by atoms with van der Waals surface area (Å²) in [5.41, 5.74) is 1.37. The van der Waals surface area contributed by atoms with Gasteiger partial charge in [-0.2, -0.15) is 0 Å². The van der Waals surface area contributed by atoms with Crippen molar-refractivity contribution in [2.75, 3.05) is 6.61 Å². The highest BCUT2D eigenvalue weighted by molar-refractivity contribution is 14.1. The topological polar surface area (TPSA) is 26.3 Å². The Morgan fingerprint density at radius 3 is 2.62 bits per heavy atom. The number of ether oxygens (including phenoxy) is 1. The molecule has 88 valence electrons. The van der Waals surface area contributed by atoms with Crippen LogP contribution in [0, 0.1) is 0 Å². The van der Waals surface area contributed by atoms with Crippen molar-refractivity contribution < 1.29 is 9.53 Å². The molecule has 0 bridgehead atoms. The lowest BCUT2D eigenvalue weighted by Gasteiger charge is -2.09. The number of carbonyl (C=O) groups excluding carboxylic acids is 1. The van der Waals surface area contributed by atoms with Gasteiger partial charge in [0, 0.05) is 10.8 Å². The van der Waals surface area contributed by atoms with Crippen LogP contribution in [0.2, 0.25) is 0 Å². The minimum atomic E-state index is -0.188. The van der Waals surface area contributed by atoms with Crippen LogP contribution in [0.3, 0.4) is 0 Å². The number of aryl methyl sites for hydroxylation is 1. The summed E-state index contributed by atoms with van der Waals surface area (Å²) in [5.74, 6) is -0.188. The van der Waals surface area contributed by atoms with Crippen molar-refractivity contribution in [3.8, 4) is 0 Å². The molecule has 0 saturated carbocycles. The number of esters is 1. The molecule has 1 atom stereocenters. The van der Waals surface area contributed by atoms with Crippen molar-refractivity contribution in [1.29, 1.82) is 0 Å². The van der Waals surface area contributed by atoms with Crippen molar-refractivity contribution in [3.63, 3.8) is 0 Å². The van der Waals surface area contributed by atoms with Gasteiger partial charge in [0.05, 0.1) is 6.61 Å². The first-order chi connectivity index (χ1) is 7.68. The fourth-order valence-electron chi connectivity index (χ4n) is 1.44. The molecule has 0 aromatic heterocycles. The highest BCUT2D eigenvalue weighted by Gasteiger charge is 2.05. The van der Waals surface area contributed by atoms with Gasteiger partial charge in [-0.1, -0.05) is 52.9 Å². The molecule has 0 radical (unpaired) electrons. The first kappa shape index (κ1) is 13.5. The summed E-state index contributed by atoms with van der Waals surface area (Å²) in [6, 6.07) is 10.5. The number of hydrogen-bond donors (Lipinski definition) is 0. The van der Waals surface area contributed by atoms with Gasteiger partial charge in [0.1, 0.15) is 0 Å². The van der Waals surface area contributed by atoms with Gasteiger partial charge >= 0.3 is 5.97 Å². The van der Waals surface area contributed by atoms with E-state index in [0.717, 1.165) is 19.3 Å². The Balaban J connectivity index is 2.15. The Morgan fingerprint density at radius 1 is 1.31 bits per heavy atom. The molecular weight excluding hydrogens is 315 g/mol. The summed E-state index contributed by atoms with van der Waals surface area (Å²) in [4.78, 5) is 10.6. The molecule has 0 aliphatic heterocycles. The monoisotopic (exact) mass is 332 g/mol. The van der Waals surface area contributed by atoms with Crippen LogP contribution in [0.5, 0.6) is 0 Å². The number of rotatable bonds is 6. The fourth-order valence-corrected chi connectivity index (χ4v) is 2.01. The molecule has 3 heteroatoms. The Morgan fingerprint density at radius 2 is 2.00 bits per heavy atom. The maximum atomic E-state index is 10.6. The molecule has 0 heterocycles. The summed E-state index contributed by atoms with van der Waals surface area (Å²) in [5, 5.41) is 0. The standard InChI is InChI=1S/C13H17IO2/c1-11(15)16-10-9-13(14)8-7-12-5-3-2-4-6-12/h2-6,13H,7-10H2,1H3. The van der Waals surface area contributed by atoms with E-state index < -0.39 is 0 Å². The van der Waals surface area contributed by atoms with Gasteiger partial charge in [-0.05, 0) is 24.8 Å². The number of benzene rings is 1. The fraction of sp³-hybridized carbons (Fsp3) is 0.462. The second-order valence-electron chi connectivity index (χ2n) is 3.75. The van der Waals surface area contributed by atoms with Gasteiger partial charge in [0.2, 0.25) is 0 Å². The third-order valence-corrected chi connectivity index (χ3v) is 3.57. The average Bonchev–Trinajstić information content (AvgIpc) is 2.27. The lowest BCUT2D eigenvalue weighted by Crippen LogP contribution is -2.07. The Labute approximate surface area is 111 Å². The highest BCUT2D eigenvalue weighted by Crippen LogP contribution is 2.14. The molecule has 16 heavy (non-hydrogen) atoms. The molecule has 0 aliphatic rings. The summed E-state index contributed by atoms with van der Waals surface area (Å²) in [6.07, 6.45) is 3.16. The molecule has 1 rings (SSSR count). The van der Waals surface area contributed by atoms with E-state index in [4.69, 9.17) is 4.74 Å². The smallest absolute Gasteiger partial charge is 0.302 e. The van der Waals surface area contributed by atoms with Crippen LogP contribution in [0.4, 0.5) is 0 Å². The first-order valence-electron chi connectivity index (χ1n) is 5.50. The van der Waals surface area contributed by atoms with Crippen LogP contribution in [-0.4, -0.2) is 16.5 Å². The average molecular weight is 332 g/mol. The molecule has 0 aliphatic carbocycles. The zero-order valence-electron chi connectivity index (χ0n) is 9.49. The van der Waals surface area contributed by atoms with Crippen molar-refractivity contribution in [1.82, 2.24) is 0 Å². The molecule has 0 amide bonds. The van der Waals surface area contributed by atoms with E-state index in [9.17, 15) is 4.79 Å². The first-order valence-corrected chi connectivity index (χ1v) is 6.74. The van der Waals surface area contributed by atoms with Crippen molar-refractivity contribution in [2.24, 2.45) is 0 Å². The molecule has 1 unspecified atom stereocenters. The van der Waals surface area contributed by atoms with E-state index in [1.807, 2.05) is 6.07 Å². The molecule has 0 N–H and O–H groups in total. The van der Waals surface area contributed by atoms with E-state index in [1.165, 1.54) is 12.5 Å². The number of halogens is 1. The molecule has 2 nitrogen and oxygen atoms in total. The molecule has 1 aromatic rings. The second-order valence-corrected chi connectivity index (χ2v) is 5.51. The maximum absolute atomic E-state index is 10.6. The lowest BCUT2D eigenvalue weighted by atomic mass is 10.1. The second kappa shape index (κ2) is 7.65. The summed E-state index contributed by atoms with van der Waals surface area (Å²) in [7, 11) is 0. The lowest BCUT2D eigenvalue weighted by molar-refractivity contribution is -0.141. The Bertz CT molecular complexity index is 311. The van der Waals surface area contributed by atoms with E-state index in [0.29, 0.717) is 10.5 Å². The van der Waals surface area contributed by atoms with Crippen LogP contribution in [0.15, 0.2) is 30.3 Å². The van der Waals surface area contributed by atoms with Crippen molar-refractivity contribution >= 4 is 28.6 Å². The minimum Gasteiger partial charge on any atom is -0.466 e. The molecule has 1 aromatic carbocycles. The van der Waals surface area contributed by atoms with Crippen molar-refractivity contribution in [3.05, 3.63) is 35.9 Å². The molecule has 0 spiro atoms. The van der Waals surface area contributed by atoms with Crippen LogP contribution >= 0.6 is 22.6 Å². The van der Waals surface area contributed by atoms with Crippen molar-refractivity contribution in [2.45, 2.75) is 30.1 Å². The minimum absolute atomic E-state index is 0.188. The summed E-state index contributed by atoms with van der Waals surface area (Å²) < 4.78 is 5.49. The zero-order chi connectivity index (χ0) is 11.8. The van der Waals surface area contributed by atoms with E-state index >= 15 is 0 Å². The third-order valence-electron chi connectivity index (χ3n) is 2.33. The largest absolute Gasteiger partial charge is 0.466 e. The number of carbonyl (C=O) groups is 1. The van der Waals surface area contributed by atoms with Crippen LogP contribution in [0.25, 0.3) is 0 Å². The van der Waals surface area contributed by atoms with Crippen LogP contribution < -0.4 is 0 Å². The van der Waals surface area contributed by atoms with Gasteiger partial charge in [-0.3, -0.25) is 4.79 Å². The normalized spacial score (nSPS) is 12.1. The van der Waals surface area contributed by atoms with Crippen LogP contribution in [-0.2, 0) is 16.0 Å². The van der Waals surface area contributed by atoms with E-state index in [2.05, 4.69) is 46.9 Å². The van der Waals surface area contributed by atoms with Gasteiger partial charge in [-0.15, -0.1) is 0 Å².